The highest BCUT2D eigenvalue weighted by atomic mass is 35.5. The normalized spacial score (nSPS) is 35.3. The topological polar surface area (TPSA) is 75.6 Å². The van der Waals surface area contributed by atoms with Gasteiger partial charge in [0.2, 0.25) is 0 Å². The Kier molecular flexibility index (Phi) is 4.16. The predicted molar refractivity (Wildman–Crippen MR) is 98.5 cm³/mol. The maximum Gasteiger partial charge on any atom is 0.261 e. The van der Waals surface area contributed by atoms with E-state index >= 15 is 0 Å². The number of carbonyl (C=O) groups is 2. The molecule has 2 N–H and O–H groups in total. The van der Waals surface area contributed by atoms with E-state index in [4.69, 9.17) is 27.9 Å². The van der Waals surface area contributed by atoms with Crippen LogP contribution >= 0.6 is 23.2 Å². The van der Waals surface area contributed by atoms with Crippen molar-refractivity contribution in [2.75, 3.05) is 12.4 Å². The summed E-state index contributed by atoms with van der Waals surface area (Å²) in [5, 5.41) is 14.2. The zero-order valence-corrected chi connectivity index (χ0v) is 16.0. The zero-order chi connectivity index (χ0) is 18.7. The van der Waals surface area contributed by atoms with Crippen LogP contribution in [0.3, 0.4) is 0 Å². The Hall–Kier alpha value is -1.14. The summed E-state index contributed by atoms with van der Waals surface area (Å²) >= 11 is 12.4. The number of fused-ring (bicyclic) bond motifs is 4. The van der Waals surface area contributed by atoms with E-state index in [9.17, 15) is 14.7 Å². The molecule has 0 spiro atoms. The van der Waals surface area contributed by atoms with Gasteiger partial charge in [-0.2, -0.15) is 0 Å². The van der Waals surface area contributed by atoms with Gasteiger partial charge in [-0.15, -0.1) is 0 Å². The van der Waals surface area contributed by atoms with E-state index in [0.717, 1.165) is 38.5 Å². The number of anilines is 1. The molecule has 1 heterocycles. The van der Waals surface area contributed by atoms with Gasteiger partial charge < -0.3 is 15.2 Å². The van der Waals surface area contributed by atoms with Gasteiger partial charge >= 0.3 is 0 Å². The molecule has 1 aromatic rings. The van der Waals surface area contributed by atoms with Crippen LogP contribution in [-0.4, -0.2) is 29.5 Å². The van der Waals surface area contributed by atoms with Gasteiger partial charge in [0.05, 0.1) is 16.3 Å². The van der Waals surface area contributed by atoms with Gasteiger partial charge in [0.1, 0.15) is 5.78 Å². The van der Waals surface area contributed by atoms with Crippen LogP contribution in [0, 0.1) is 5.41 Å². The van der Waals surface area contributed by atoms with Crippen molar-refractivity contribution in [3.05, 3.63) is 27.7 Å². The molecule has 0 radical (unpaired) electrons. The number of Topliss-reactive ketones (excluding diaryl/α,β-unsaturated/α-hetero) is 1. The van der Waals surface area contributed by atoms with Gasteiger partial charge in [0.25, 0.3) is 5.91 Å². The van der Waals surface area contributed by atoms with Crippen molar-refractivity contribution in [1.29, 1.82) is 0 Å². The molecule has 1 aliphatic heterocycles. The summed E-state index contributed by atoms with van der Waals surface area (Å²) in [7, 11) is 1.73. The molecule has 3 fully saturated rings. The highest BCUT2D eigenvalue weighted by Gasteiger charge is 2.56. The van der Waals surface area contributed by atoms with E-state index in [1.54, 1.807) is 13.2 Å². The lowest BCUT2D eigenvalue weighted by atomic mass is 9.56. The second-order valence-electron chi connectivity index (χ2n) is 7.86. The third-order valence-corrected chi connectivity index (χ3v) is 7.38. The SMILES string of the molecule is COC12CCC(C(=O)C[C@]3(O)C(=O)Nc4c(Cl)ccc(Cl)c43)(CC1)CC2. The molecule has 0 unspecified atom stereocenters. The molecule has 140 valence electrons. The van der Waals surface area contributed by atoms with Crippen LogP contribution in [-0.2, 0) is 19.9 Å². The van der Waals surface area contributed by atoms with Crippen LogP contribution < -0.4 is 5.32 Å². The number of ketones is 1. The number of hydrogen-bond donors (Lipinski definition) is 2. The van der Waals surface area contributed by atoms with E-state index < -0.39 is 16.9 Å². The summed E-state index contributed by atoms with van der Waals surface area (Å²) in [6.07, 6.45) is 4.41. The number of ether oxygens (including phenoxy) is 1. The van der Waals surface area contributed by atoms with Crippen molar-refractivity contribution >= 4 is 40.6 Å². The number of halogens is 2. The summed E-state index contributed by atoms with van der Waals surface area (Å²) < 4.78 is 5.68. The molecule has 0 saturated heterocycles. The van der Waals surface area contributed by atoms with Crippen molar-refractivity contribution in [1.82, 2.24) is 0 Å². The fourth-order valence-corrected chi connectivity index (χ4v) is 5.39. The Morgan fingerprint density at radius 2 is 1.73 bits per heavy atom. The van der Waals surface area contributed by atoms with Crippen LogP contribution in [0.1, 0.15) is 50.5 Å². The molecule has 1 aromatic carbocycles. The van der Waals surface area contributed by atoms with Gasteiger partial charge in [0.15, 0.2) is 5.60 Å². The number of hydrogen-bond acceptors (Lipinski definition) is 4. The molecule has 4 aliphatic rings. The Balaban J connectivity index is 1.63. The highest BCUT2D eigenvalue weighted by molar-refractivity contribution is 6.38. The Labute approximate surface area is 162 Å². The summed E-state index contributed by atoms with van der Waals surface area (Å²) in [6.45, 7) is 0. The first-order valence-corrected chi connectivity index (χ1v) is 9.62. The molecule has 7 heteroatoms. The van der Waals surface area contributed by atoms with E-state index in [1.165, 1.54) is 6.07 Å². The molecule has 5 nitrogen and oxygen atoms in total. The standard InChI is InChI=1S/C19H21Cl2NO4/c1-26-18-7-4-17(5-8-18,6-9-18)13(23)10-19(25)14-11(20)2-3-12(21)15(14)22-16(19)24/h2-3,25H,4-10H2,1H3,(H,22,24)/t17?,18?,19-/m1/s1. The molecule has 3 aliphatic carbocycles. The lowest BCUT2D eigenvalue weighted by Gasteiger charge is -2.52. The summed E-state index contributed by atoms with van der Waals surface area (Å²) in [4.78, 5) is 25.7. The Bertz CT molecular complexity index is 784. The first-order valence-electron chi connectivity index (χ1n) is 8.86. The van der Waals surface area contributed by atoms with Crippen LogP contribution in [0.25, 0.3) is 0 Å². The second-order valence-corrected chi connectivity index (χ2v) is 8.68. The number of carbonyl (C=O) groups excluding carboxylic acids is 2. The fraction of sp³-hybridized carbons (Fsp3) is 0.579. The molecule has 1 amide bonds. The van der Waals surface area contributed by atoms with Crippen LogP contribution in [0.2, 0.25) is 10.0 Å². The quantitative estimate of drug-likeness (QED) is 0.809. The summed E-state index contributed by atoms with van der Waals surface area (Å²) in [6, 6.07) is 3.09. The van der Waals surface area contributed by atoms with Crippen LogP contribution in [0.5, 0.6) is 0 Å². The second kappa shape index (κ2) is 5.93. The van der Waals surface area contributed by atoms with Gasteiger partial charge in [0, 0.05) is 29.5 Å². The highest BCUT2D eigenvalue weighted by Crippen LogP contribution is 2.56. The van der Waals surface area contributed by atoms with E-state index in [2.05, 4.69) is 5.32 Å². The number of nitrogens with one attached hydrogen (secondary N) is 1. The van der Waals surface area contributed by atoms with Crippen LogP contribution in [0.15, 0.2) is 12.1 Å². The first kappa shape index (κ1) is 18.2. The number of rotatable bonds is 4. The number of amides is 1. The van der Waals surface area contributed by atoms with Crippen molar-refractivity contribution < 1.29 is 19.4 Å². The maximum atomic E-state index is 13.2. The largest absolute Gasteiger partial charge is 0.378 e. The molecule has 5 rings (SSSR count). The number of aliphatic hydroxyl groups is 1. The summed E-state index contributed by atoms with van der Waals surface area (Å²) in [5.74, 6) is -0.728. The fourth-order valence-electron chi connectivity index (χ4n) is 4.87. The smallest absolute Gasteiger partial charge is 0.261 e. The molecule has 1 atom stereocenters. The molecule has 2 bridgehead atoms. The zero-order valence-electron chi connectivity index (χ0n) is 14.5. The van der Waals surface area contributed by atoms with E-state index in [0.29, 0.717) is 10.7 Å². The first-order chi connectivity index (χ1) is 12.3. The third kappa shape index (κ3) is 2.44. The molecular weight excluding hydrogens is 377 g/mol. The van der Waals surface area contributed by atoms with E-state index in [1.807, 2.05) is 0 Å². The van der Waals surface area contributed by atoms with Crippen molar-refractivity contribution in [3.8, 4) is 0 Å². The average Bonchev–Trinajstić information content (AvgIpc) is 2.92. The van der Waals surface area contributed by atoms with Crippen molar-refractivity contribution in [2.24, 2.45) is 5.41 Å². The maximum absolute atomic E-state index is 13.2. The average molecular weight is 398 g/mol. The summed E-state index contributed by atoms with van der Waals surface area (Å²) in [5.41, 5.74) is -2.06. The predicted octanol–water partition coefficient (Wildman–Crippen LogP) is 3.83. The molecule has 3 saturated carbocycles. The lowest BCUT2D eigenvalue weighted by Crippen LogP contribution is -2.52. The molecular formula is C19H21Cl2NO4. The number of methoxy groups -OCH3 is 1. The van der Waals surface area contributed by atoms with Crippen LogP contribution in [0.4, 0.5) is 5.69 Å². The molecule has 0 aromatic heterocycles. The minimum Gasteiger partial charge on any atom is -0.378 e. The monoisotopic (exact) mass is 397 g/mol. The molecule has 26 heavy (non-hydrogen) atoms. The van der Waals surface area contributed by atoms with Gasteiger partial charge in [-0.25, -0.2) is 0 Å². The van der Waals surface area contributed by atoms with E-state index in [-0.39, 0.29) is 28.4 Å². The van der Waals surface area contributed by atoms with Crippen molar-refractivity contribution in [2.45, 2.75) is 56.1 Å². The van der Waals surface area contributed by atoms with Crippen molar-refractivity contribution in [3.63, 3.8) is 0 Å². The Morgan fingerprint density at radius 3 is 2.31 bits per heavy atom. The lowest BCUT2D eigenvalue weighted by molar-refractivity contribution is -0.158. The minimum absolute atomic E-state index is 0.0801. The van der Waals surface area contributed by atoms with Gasteiger partial charge in [-0.1, -0.05) is 23.2 Å². The van der Waals surface area contributed by atoms with Gasteiger partial charge in [-0.3, -0.25) is 9.59 Å². The Morgan fingerprint density at radius 1 is 1.15 bits per heavy atom. The number of benzene rings is 1. The minimum atomic E-state index is -1.98. The third-order valence-electron chi connectivity index (χ3n) is 6.75. The van der Waals surface area contributed by atoms with Gasteiger partial charge in [-0.05, 0) is 50.7 Å².